The smallest absolute Gasteiger partial charge is 0.325 e. The molecule has 0 bridgehead atoms. The van der Waals surface area contributed by atoms with E-state index in [0.29, 0.717) is 6.04 Å². The Morgan fingerprint density at radius 3 is 2.88 bits per heavy atom. The molecule has 3 heterocycles. The summed E-state index contributed by atoms with van der Waals surface area (Å²) in [6.45, 7) is 9.29. The lowest BCUT2D eigenvalue weighted by Gasteiger charge is -2.42. The largest absolute Gasteiger partial charge is 0.468 e. The first kappa shape index (κ1) is 17.6. The first-order valence-corrected chi connectivity index (χ1v) is 9.70. The Morgan fingerprint density at radius 1 is 1.27 bits per heavy atom. The molecule has 0 amide bonds. The van der Waals surface area contributed by atoms with Crippen molar-refractivity contribution in [3.8, 4) is 0 Å². The lowest BCUT2D eigenvalue weighted by Crippen LogP contribution is -2.54. The molecule has 26 heavy (non-hydrogen) atoms. The number of para-hydroxylation sites is 1. The van der Waals surface area contributed by atoms with Gasteiger partial charge in [-0.3, -0.25) is 14.6 Å². The molecule has 0 N–H and O–H groups in total. The van der Waals surface area contributed by atoms with E-state index in [-0.39, 0.29) is 12.5 Å². The van der Waals surface area contributed by atoms with Gasteiger partial charge in [-0.05, 0) is 44.9 Å². The molecule has 0 spiro atoms. The van der Waals surface area contributed by atoms with Gasteiger partial charge in [0, 0.05) is 48.3 Å². The number of fused-ring (bicyclic) bond motifs is 2. The Labute approximate surface area is 155 Å². The molecule has 5 heteroatoms. The van der Waals surface area contributed by atoms with Crippen LogP contribution in [-0.4, -0.2) is 59.2 Å². The number of aromatic nitrogens is 1. The summed E-state index contributed by atoms with van der Waals surface area (Å²) >= 11 is 0. The minimum absolute atomic E-state index is 0.201. The average Bonchev–Trinajstić information content (AvgIpc) is 3.19. The molecule has 2 aliphatic heterocycles. The third-order valence-electron chi connectivity index (χ3n) is 6.30. The maximum atomic E-state index is 11.9. The highest BCUT2D eigenvalue weighted by atomic mass is 16.5. The van der Waals surface area contributed by atoms with Crippen molar-refractivity contribution in [2.45, 2.75) is 51.9 Å². The Bertz CT molecular complexity index is 813. The molecule has 2 saturated heterocycles. The van der Waals surface area contributed by atoms with E-state index in [0.717, 1.165) is 24.6 Å². The predicted octanol–water partition coefficient (Wildman–Crippen LogP) is 2.79. The number of piperazine rings is 1. The molecule has 0 saturated carbocycles. The molecule has 2 fully saturated rings. The lowest BCUT2D eigenvalue weighted by molar-refractivity contribution is -0.141. The van der Waals surface area contributed by atoms with Crippen molar-refractivity contribution in [1.29, 1.82) is 0 Å². The highest BCUT2D eigenvalue weighted by Gasteiger charge is 2.34. The van der Waals surface area contributed by atoms with Gasteiger partial charge in [0.15, 0.2) is 0 Å². The van der Waals surface area contributed by atoms with E-state index >= 15 is 0 Å². The SMILES string of the molecule is COC(=O)Cn1c(C)c(CN2C[C@@H]3CCCN3C[C@@H]2C)c2ccccc21. The van der Waals surface area contributed by atoms with E-state index in [1.54, 1.807) is 0 Å². The Balaban J connectivity index is 1.66. The second kappa shape index (κ2) is 7.05. The Kier molecular flexibility index (Phi) is 4.76. The van der Waals surface area contributed by atoms with Crippen LogP contribution in [0.25, 0.3) is 10.9 Å². The molecule has 4 rings (SSSR count). The molecular weight excluding hydrogens is 326 g/mol. The second-order valence-electron chi connectivity index (χ2n) is 7.81. The predicted molar refractivity (Wildman–Crippen MR) is 103 cm³/mol. The van der Waals surface area contributed by atoms with Crippen LogP contribution in [0.2, 0.25) is 0 Å². The molecule has 1 aromatic carbocycles. The zero-order chi connectivity index (χ0) is 18.3. The second-order valence-corrected chi connectivity index (χ2v) is 7.81. The topological polar surface area (TPSA) is 37.7 Å². The van der Waals surface area contributed by atoms with Crippen LogP contribution in [0.3, 0.4) is 0 Å². The van der Waals surface area contributed by atoms with Crippen molar-refractivity contribution in [3.05, 3.63) is 35.5 Å². The number of carbonyl (C=O) groups excluding carboxylic acids is 1. The van der Waals surface area contributed by atoms with Gasteiger partial charge >= 0.3 is 5.97 Å². The maximum absolute atomic E-state index is 11.9. The van der Waals surface area contributed by atoms with Crippen LogP contribution in [-0.2, 0) is 22.6 Å². The fraction of sp³-hybridized carbons (Fsp3) is 0.571. The summed E-state index contributed by atoms with van der Waals surface area (Å²) in [4.78, 5) is 17.2. The number of carbonyl (C=O) groups is 1. The zero-order valence-corrected chi connectivity index (χ0v) is 16.1. The van der Waals surface area contributed by atoms with Crippen molar-refractivity contribution >= 4 is 16.9 Å². The van der Waals surface area contributed by atoms with Crippen LogP contribution in [0.4, 0.5) is 0 Å². The summed E-state index contributed by atoms with van der Waals surface area (Å²) in [5.41, 5.74) is 3.65. The quantitative estimate of drug-likeness (QED) is 0.791. The van der Waals surface area contributed by atoms with E-state index in [4.69, 9.17) is 4.74 Å². The summed E-state index contributed by atoms with van der Waals surface area (Å²) in [5, 5.41) is 1.26. The number of ether oxygens (including phenoxy) is 1. The van der Waals surface area contributed by atoms with Gasteiger partial charge in [-0.15, -0.1) is 0 Å². The molecule has 0 aliphatic carbocycles. The van der Waals surface area contributed by atoms with E-state index in [2.05, 4.69) is 46.4 Å². The van der Waals surface area contributed by atoms with E-state index in [1.807, 2.05) is 6.07 Å². The third-order valence-corrected chi connectivity index (χ3v) is 6.30. The van der Waals surface area contributed by atoms with Crippen LogP contribution in [0.5, 0.6) is 0 Å². The van der Waals surface area contributed by atoms with E-state index in [9.17, 15) is 4.79 Å². The van der Waals surface area contributed by atoms with Crippen LogP contribution >= 0.6 is 0 Å². The van der Waals surface area contributed by atoms with Crippen LogP contribution in [0.15, 0.2) is 24.3 Å². The van der Waals surface area contributed by atoms with Gasteiger partial charge in [-0.2, -0.15) is 0 Å². The number of benzene rings is 1. The van der Waals surface area contributed by atoms with Gasteiger partial charge in [0.1, 0.15) is 6.54 Å². The number of hydrogen-bond acceptors (Lipinski definition) is 4. The molecule has 2 aliphatic rings. The van der Waals surface area contributed by atoms with Gasteiger partial charge in [-0.25, -0.2) is 0 Å². The minimum atomic E-state index is -0.201. The minimum Gasteiger partial charge on any atom is -0.468 e. The first-order chi connectivity index (χ1) is 12.6. The monoisotopic (exact) mass is 355 g/mol. The summed E-state index contributed by atoms with van der Waals surface area (Å²) in [6.07, 6.45) is 2.66. The molecule has 2 atom stereocenters. The summed E-state index contributed by atoms with van der Waals surface area (Å²) in [5.74, 6) is -0.201. The average molecular weight is 355 g/mol. The van der Waals surface area contributed by atoms with E-state index in [1.165, 1.54) is 49.7 Å². The summed E-state index contributed by atoms with van der Waals surface area (Å²) in [6, 6.07) is 9.70. The first-order valence-electron chi connectivity index (χ1n) is 9.70. The molecule has 1 aromatic heterocycles. The highest BCUT2D eigenvalue weighted by Crippen LogP contribution is 2.30. The number of rotatable bonds is 4. The fourth-order valence-electron chi connectivity index (χ4n) is 4.77. The van der Waals surface area contributed by atoms with Gasteiger partial charge in [0.05, 0.1) is 7.11 Å². The summed E-state index contributed by atoms with van der Waals surface area (Å²) in [7, 11) is 1.45. The van der Waals surface area contributed by atoms with Gasteiger partial charge < -0.3 is 9.30 Å². The highest BCUT2D eigenvalue weighted by molar-refractivity contribution is 5.87. The van der Waals surface area contributed by atoms with Gasteiger partial charge in [0.25, 0.3) is 0 Å². The zero-order valence-electron chi connectivity index (χ0n) is 16.1. The van der Waals surface area contributed by atoms with Crippen molar-refractivity contribution in [2.24, 2.45) is 0 Å². The van der Waals surface area contributed by atoms with Crippen molar-refractivity contribution in [1.82, 2.24) is 14.4 Å². The maximum Gasteiger partial charge on any atom is 0.325 e. The Morgan fingerprint density at radius 2 is 2.08 bits per heavy atom. The Hall–Kier alpha value is -1.85. The van der Waals surface area contributed by atoms with Crippen molar-refractivity contribution in [3.63, 3.8) is 0 Å². The van der Waals surface area contributed by atoms with Gasteiger partial charge in [-0.1, -0.05) is 18.2 Å². The normalized spacial score (nSPS) is 24.1. The lowest BCUT2D eigenvalue weighted by atomic mass is 10.0. The standard InChI is InChI=1S/C21H29N3O2/c1-15-11-22-10-6-7-17(22)12-23(15)13-19-16(2)24(14-21(25)26-3)20-9-5-4-8-18(19)20/h4-5,8-9,15,17H,6-7,10-14H2,1-3H3/t15-,17-/m0/s1. The van der Waals surface area contributed by atoms with Crippen LogP contribution < -0.4 is 0 Å². The molecule has 2 aromatic rings. The molecule has 0 radical (unpaired) electrons. The van der Waals surface area contributed by atoms with Crippen LogP contribution in [0, 0.1) is 6.92 Å². The molecule has 0 unspecified atom stereocenters. The van der Waals surface area contributed by atoms with Crippen molar-refractivity contribution in [2.75, 3.05) is 26.7 Å². The number of nitrogens with zero attached hydrogens (tertiary/aromatic N) is 3. The number of esters is 1. The third kappa shape index (κ3) is 3.03. The van der Waals surface area contributed by atoms with Gasteiger partial charge in [0.2, 0.25) is 0 Å². The molecule has 140 valence electrons. The van der Waals surface area contributed by atoms with Crippen molar-refractivity contribution < 1.29 is 9.53 Å². The molecular formula is C21H29N3O2. The van der Waals surface area contributed by atoms with E-state index < -0.39 is 0 Å². The number of hydrogen-bond donors (Lipinski definition) is 0. The van der Waals surface area contributed by atoms with Crippen LogP contribution in [0.1, 0.15) is 31.0 Å². The fourth-order valence-corrected chi connectivity index (χ4v) is 4.77. The number of methoxy groups -OCH3 is 1. The summed E-state index contributed by atoms with van der Waals surface area (Å²) < 4.78 is 7.01. The molecule has 5 nitrogen and oxygen atoms in total.